The standard InChI is InChI=1S/C35H42N6O4Si/c1-35(2,3)46(4,5)45-27-11-9-26(10-12-27)40-30-18-24(8-13-28(30)38-33(40)21-42)29-17-25(23-6-7-23)19-32(39-29)41(34(43)44)31-16-22(20-36)14-15-37-31/h8,13-19,23,26-27,42H,6-7,9-12,21H2,1-5H3,(H,43,44)/t26-,27-. The van der Waals surface area contributed by atoms with E-state index in [4.69, 9.17) is 14.4 Å². The summed E-state index contributed by atoms with van der Waals surface area (Å²) in [6.45, 7) is 11.3. The number of pyridine rings is 2. The second-order valence-electron chi connectivity index (χ2n) is 14.1. The van der Waals surface area contributed by atoms with Gasteiger partial charge in [-0.1, -0.05) is 26.8 Å². The highest BCUT2D eigenvalue weighted by Gasteiger charge is 2.40. The number of nitriles is 1. The number of hydrogen-bond acceptors (Lipinski definition) is 7. The van der Waals surface area contributed by atoms with E-state index in [0.717, 1.165) is 65.6 Å². The maximum absolute atomic E-state index is 12.5. The van der Waals surface area contributed by atoms with Crippen LogP contribution in [-0.2, 0) is 11.0 Å². The predicted molar refractivity (Wildman–Crippen MR) is 180 cm³/mol. The Labute approximate surface area is 270 Å². The summed E-state index contributed by atoms with van der Waals surface area (Å²) >= 11 is 0. The van der Waals surface area contributed by atoms with Gasteiger partial charge in [0.15, 0.2) is 8.32 Å². The molecular weight excluding hydrogens is 597 g/mol. The Balaban J connectivity index is 1.35. The Bertz CT molecular complexity index is 1810. The zero-order chi connectivity index (χ0) is 32.8. The number of rotatable bonds is 8. The topological polar surface area (TPSA) is 137 Å². The smallest absolute Gasteiger partial charge is 0.418 e. The Morgan fingerprint density at radius 3 is 2.41 bits per heavy atom. The van der Waals surface area contributed by atoms with Crippen molar-refractivity contribution < 1.29 is 19.4 Å². The number of amides is 1. The van der Waals surface area contributed by atoms with Crippen LogP contribution < -0.4 is 4.90 Å². The van der Waals surface area contributed by atoms with Crippen LogP contribution in [0, 0.1) is 11.3 Å². The summed E-state index contributed by atoms with van der Waals surface area (Å²) < 4.78 is 8.94. The molecule has 1 amide bonds. The molecule has 3 heterocycles. The second-order valence-corrected chi connectivity index (χ2v) is 18.9. The fourth-order valence-electron chi connectivity index (χ4n) is 6.21. The normalized spacial score (nSPS) is 18.8. The van der Waals surface area contributed by atoms with Crippen molar-refractivity contribution in [1.82, 2.24) is 19.5 Å². The summed E-state index contributed by atoms with van der Waals surface area (Å²) in [6, 6.07) is 15.0. The highest BCUT2D eigenvalue weighted by atomic mass is 28.4. The number of imidazole rings is 1. The molecule has 2 aliphatic rings. The van der Waals surface area contributed by atoms with E-state index in [1.54, 1.807) is 0 Å². The van der Waals surface area contributed by atoms with Crippen LogP contribution in [0.5, 0.6) is 0 Å². The van der Waals surface area contributed by atoms with Crippen LogP contribution in [0.2, 0.25) is 18.1 Å². The van der Waals surface area contributed by atoms with Crippen LogP contribution in [0.25, 0.3) is 22.3 Å². The van der Waals surface area contributed by atoms with E-state index in [0.29, 0.717) is 23.0 Å². The van der Waals surface area contributed by atoms with Crippen molar-refractivity contribution >= 4 is 37.1 Å². The Morgan fingerprint density at radius 2 is 1.78 bits per heavy atom. The SMILES string of the molecule is CC(C)(C)[Si](C)(C)O[C@H]1CC[C@H](n2c(CO)nc3ccc(-c4cc(C5CC5)cc(N(C(=O)O)c5cc(C#N)ccn5)n4)cc32)CC1. The molecule has 4 aromatic rings. The van der Waals surface area contributed by atoms with Gasteiger partial charge in [-0.05, 0) is 105 Å². The molecule has 3 aromatic heterocycles. The van der Waals surface area contributed by atoms with Crippen LogP contribution in [0.1, 0.15) is 88.2 Å². The molecule has 0 atom stereocenters. The lowest BCUT2D eigenvalue weighted by Crippen LogP contribution is -2.44. The van der Waals surface area contributed by atoms with Crippen molar-refractivity contribution in [2.45, 2.75) is 102 Å². The van der Waals surface area contributed by atoms with Gasteiger partial charge >= 0.3 is 6.09 Å². The maximum atomic E-state index is 12.5. The molecule has 2 fully saturated rings. The fraction of sp³-hybridized carbons (Fsp3) is 0.457. The van der Waals surface area contributed by atoms with E-state index in [-0.39, 0.29) is 35.4 Å². The molecule has 0 spiro atoms. The number of nitrogens with zero attached hydrogens (tertiary/aromatic N) is 6. The first kappa shape index (κ1) is 31.9. The van der Waals surface area contributed by atoms with Gasteiger partial charge in [-0.2, -0.15) is 5.26 Å². The van der Waals surface area contributed by atoms with Crippen LogP contribution in [-0.4, -0.2) is 50.2 Å². The molecule has 10 nitrogen and oxygen atoms in total. The molecule has 0 aliphatic heterocycles. The molecule has 6 rings (SSSR count). The molecule has 2 aliphatic carbocycles. The first-order valence-electron chi connectivity index (χ1n) is 16.1. The minimum atomic E-state index is -1.87. The van der Waals surface area contributed by atoms with E-state index in [1.807, 2.05) is 24.3 Å². The van der Waals surface area contributed by atoms with Gasteiger partial charge in [0.25, 0.3) is 0 Å². The summed E-state index contributed by atoms with van der Waals surface area (Å²) in [5, 5.41) is 30.1. The number of carbonyl (C=O) groups is 1. The summed E-state index contributed by atoms with van der Waals surface area (Å²) in [4.78, 5) is 27.4. The average molecular weight is 639 g/mol. The van der Waals surface area contributed by atoms with Crippen molar-refractivity contribution in [2.75, 3.05) is 4.90 Å². The summed E-state index contributed by atoms with van der Waals surface area (Å²) in [5.74, 6) is 1.33. The molecule has 11 heteroatoms. The van der Waals surface area contributed by atoms with Gasteiger partial charge in [0.05, 0.1) is 28.4 Å². The lowest BCUT2D eigenvalue weighted by Gasteiger charge is -2.41. The minimum absolute atomic E-state index is 0.118. The fourth-order valence-corrected chi connectivity index (χ4v) is 7.63. The average Bonchev–Trinajstić information content (AvgIpc) is 3.81. The van der Waals surface area contributed by atoms with E-state index in [9.17, 15) is 20.3 Å². The first-order chi connectivity index (χ1) is 21.9. The minimum Gasteiger partial charge on any atom is -0.464 e. The van der Waals surface area contributed by atoms with E-state index in [2.05, 4.69) is 55.6 Å². The van der Waals surface area contributed by atoms with Crippen molar-refractivity contribution in [2.24, 2.45) is 0 Å². The largest absolute Gasteiger partial charge is 0.464 e. The monoisotopic (exact) mass is 638 g/mol. The van der Waals surface area contributed by atoms with Gasteiger partial charge in [-0.15, -0.1) is 0 Å². The Hall–Kier alpha value is -4.11. The van der Waals surface area contributed by atoms with Gasteiger partial charge in [-0.25, -0.2) is 24.6 Å². The molecule has 0 unspecified atom stereocenters. The van der Waals surface area contributed by atoms with Gasteiger partial charge in [0.2, 0.25) is 0 Å². The highest BCUT2D eigenvalue weighted by Crippen LogP contribution is 2.44. The molecular formula is C35H42N6O4Si. The molecule has 0 bridgehead atoms. The van der Waals surface area contributed by atoms with Crippen LogP contribution >= 0.6 is 0 Å². The summed E-state index contributed by atoms with van der Waals surface area (Å²) in [6.07, 6.45) is 6.29. The van der Waals surface area contributed by atoms with Gasteiger partial charge in [0, 0.05) is 23.9 Å². The van der Waals surface area contributed by atoms with E-state index >= 15 is 0 Å². The summed E-state index contributed by atoms with van der Waals surface area (Å²) in [7, 11) is -1.87. The molecule has 240 valence electrons. The third-order valence-electron chi connectivity index (χ3n) is 9.88. The number of hydrogen-bond donors (Lipinski definition) is 2. The lowest BCUT2D eigenvalue weighted by molar-refractivity contribution is 0.117. The molecule has 0 radical (unpaired) electrons. The third-order valence-corrected chi connectivity index (χ3v) is 14.4. The maximum Gasteiger partial charge on any atom is 0.418 e. The first-order valence-corrected chi connectivity index (χ1v) is 19.0. The second kappa shape index (κ2) is 12.2. The number of anilines is 2. The van der Waals surface area contributed by atoms with Gasteiger partial charge < -0.3 is 19.2 Å². The van der Waals surface area contributed by atoms with Crippen LogP contribution in [0.15, 0.2) is 48.7 Å². The number of aromatic nitrogens is 4. The van der Waals surface area contributed by atoms with Crippen molar-refractivity contribution in [3.63, 3.8) is 0 Å². The highest BCUT2D eigenvalue weighted by molar-refractivity contribution is 6.74. The number of carboxylic acid groups (broad SMARTS) is 1. The molecule has 46 heavy (non-hydrogen) atoms. The van der Waals surface area contributed by atoms with Crippen molar-refractivity contribution in [1.29, 1.82) is 5.26 Å². The number of fused-ring (bicyclic) bond motifs is 1. The number of benzene rings is 1. The van der Waals surface area contributed by atoms with Gasteiger partial charge in [-0.3, -0.25) is 0 Å². The van der Waals surface area contributed by atoms with Gasteiger partial charge in [0.1, 0.15) is 24.1 Å². The van der Waals surface area contributed by atoms with Crippen LogP contribution in [0.4, 0.5) is 16.4 Å². The molecule has 2 N–H and O–H groups in total. The Morgan fingerprint density at radius 1 is 1.04 bits per heavy atom. The quantitative estimate of drug-likeness (QED) is 0.185. The number of aliphatic hydroxyl groups excluding tert-OH is 1. The molecule has 0 saturated heterocycles. The Kier molecular flexibility index (Phi) is 8.48. The molecule has 2 saturated carbocycles. The van der Waals surface area contributed by atoms with Crippen LogP contribution in [0.3, 0.4) is 0 Å². The number of aliphatic hydroxyl groups is 1. The zero-order valence-electron chi connectivity index (χ0n) is 27.2. The summed E-state index contributed by atoms with van der Waals surface area (Å²) in [5.41, 5.74) is 4.54. The molecule has 1 aromatic carbocycles. The van der Waals surface area contributed by atoms with E-state index in [1.165, 1.54) is 18.3 Å². The predicted octanol–water partition coefficient (Wildman–Crippen LogP) is 8.06. The lowest BCUT2D eigenvalue weighted by atomic mass is 9.92. The zero-order valence-corrected chi connectivity index (χ0v) is 28.2. The van der Waals surface area contributed by atoms with E-state index < -0.39 is 14.4 Å². The van der Waals surface area contributed by atoms with Crippen molar-refractivity contribution in [3.05, 3.63) is 65.6 Å². The van der Waals surface area contributed by atoms with Crippen molar-refractivity contribution in [3.8, 4) is 17.3 Å². The third kappa shape index (κ3) is 6.29.